The van der Waals surface area contributed by atoms with Crippen LogP contribution < -0.4 is 5.32 Å². The van der Waals surface area contributed by atoms with Gasteiger partial charge in [0.05, 0.1) is 11.7 Å². The Balaban J connectivity index is 2.22. The van der Waals surface area contributed by atoms with E-state index in [0.717, 1.165) is 10.9 Å². The number of hydrogen-bond acceptors (Lipinski definition) is 4. The van der Waals surface area contributed by atoms with E-state index in [4.69, 9.17) is 4.74 Å². The van der Waals surface area contributed by atoms with E-state index in [1.54, 1.807) is 33.0 Å². The van der Waals surface area contributed by atoms with Gasteiger partial charge in [0.2, 0.25) is 0 Å². The first kappa shape index (κ1) is 12.8. The molecule has 2 N–H and O–H groups in total. The summed E-state index contributed by atoms with van der Waals surface area (Å²) in [5.74, 6) is 0.419. The molecule has 2 aromatic rings. The van der Waals surface area contributed by atoms with Gasteiger partial charge in [-0.3, -0.25) is 10.4 Å². The first-order valence-corrected chi connectivity index (χ1v) is 6.14. The van der Waals surface area contributed by atoms with Crippen molar-refractivity contribution >= 4 is 38.7 Å². The van der Waals surface area contributed by atoms with Crippen LogP contribution in [0.25, 0.3) is 10.9 Å². The molecular formula is C11H13BrN4O2. The summed E-state index contributed by atoms with van der Waals surface area (Å²) in [6.07, 6.45) is 1.09. The van der Waals surface area contributed by atoms with E-state index in [0.29, 0.717) is 10.4 Å². The highest BCUT2D eigenvalue weighted by Crippen LogP contribution is 2.22. The van der Waals surface area contributed by atoms with E-state index in [-0.39, 0.29) is 0 Å². The molecule has 0 saturated heterocycles. The average molecular weight is 313 g/mol. The van der Waals surface area contributed by atoms with E-state index in [1.807, 2.05) is 0 Å². The molecule has 0 aliphatic heterocycles. The van der Waals surface area contributed by atoms with Crippen LogP contribution >= 0.6 is 15.9 Å². The number of aromatic amines is 1. The molecule has 7 heteroatoms. The first-order valence-electron chi connectivity index (χ1n) is 5.35. The van der Waals surface area contributed by atoms with Gasteiger partial charge < -0.3 is 4.74 Å². The van der Waals surface area contributed by atoms with Gasteiger partial charge in [0.25, 0.3) is 0 Å². The summed E-state index contributed by atoms with van der Waals surface area (Å²) in [6.45, 7) is 5.40. The fourth-order valence-corrected chi connectivity index (χ4v) is 1.72. The number of halogens is 1. The molecule has 0 unspecified atom stereocenters. The maximum absolute atomic E-state index is 11.6. The topological polar surface area (TPSA) is 79.9 Å². The smallest absolute Gasteiger partial charge is 0.413 e. The number of rotatable bonds is 1. The quantitative estimate of drug-likeness (QED) is 0.793. The van der Waals surface area contributed by atoms with Gasteiger partial charge in [-0.1, -0.05) is 0 Å². The van der Waals surface area contributed by atoms with Crippen molar-refractivity contribution in [2.75, 3.05) is 5.32 Å². The van der Waals surface area contributed by atoms with Crippen molar-refractivity contribution in [2.45, 2.75) is 26.4 Å². The van der Waals surface area contributed by atoms with Crippen molar-refractivity contribution in [3.63, 3.8) is 0 Å². The molecule has 0 aromatic carbocycles. The van der Waals surface area contributed by atoms with Crippen molar-refractivity contribution < 1.29 is 9.53 Å². The number of ether oxygens (including phenoxy) is 1. The Labute approximate surface area is 112 Å². The molecule has 18 heavy (non-hydrogen) atoms. The molecule has 0 bridgehead atoms. The third-order valence-corrected chi connectivity index (χ3v) is 2.47. The minimum atomic E-state index is -0.543. The van der Waals surface area contributed by atoms with Crippen LogP contribution in [0.1, 0.15) is 20.8 Å². The lowest BCUT2D eigenvalue weighted by Gasteiger charge is -2.19. The minimum absolute atomic E-state index is 0.419. The third-order valence-electron chi connectivity index (χ3n) is 2.03. The molecule has 2 aromatic heterocycles. The summed E-state index contributed by atoms with van der Waals surface area (Å²) in [7, 11) is 0. The Morgan fingerprint density at radius 3 is 2.89 bits per heavy atom. The molecule has 2 rings (SSSR count). The molecule has 0 fully saturated rings. The van der Waals surface area contributed by atoms with Crippen molar-refractivity contribution in [1.82, 2.24) is 15.2 Å². The minimum Gasteiger partial charge on any atom is -0.444 e. The predicted molar refractivity (Wildman–Crippen MR) is 71.4 cm³/mol. The number of nitrogens with one attached hydrogen (secondary N) is 2. The zero-order chi connectivity index (χ0) is 13.3. The van der Waals surface area contributed by atoms with Crippen LogP contribution in [0.4, 0.5) is 10.6 Å². The van der Waals surface area contributed by atoms with Gasteiger partial charge in [-0.05, 0) is 42.8 Å². The molecule has 0 spiro atoms. The van der Waals surface area contributed by atoms with Crippen LogP contribution in [-0.2, 0) is 4.74 Å². The van der Waals surface area contributed by atoms with Crippen LogP contribution in [0.2, 0.25) is 0 Å². The molecule has 96 valence electrons. The molecule has 1 amide bonds. The van der Waals surface area contributed by atoms with Crippen molar-refractivity contribution in [1.29, 1.82) is 0 Å². The normalized spacial score (nSPS) is 11.6. The number of nitrogens with zero attached hydrogens (tertiary/aromatic N) is 2. The first-order chi connectivity index (χ1) is 8.35. The number of anilines is 1. The number of aromatic nitrogens is 3. The summed E-state index contributed by atoms with van der Waals surface area (Å²) in [5, 5.41) is 10.2. The van der Waals surface area contributed by atoms with E-state index >= 15 is 0 Å². The van der Waals surface area contributed by atoms with Gasteiger partial charge in [0, 0.05) is 5.39 Å². The van der Waals surface area contributed by atoms with E-state index < -0.39 is 11.7 Å². The van der Waals surface area contributed by atoms with Crippen molar-refractivity contribution in [2.24, 2.45) is 0 Å². The average Bonchev–Trinajstić information content (AvgIpc) is 2.58. The SMILES string of the molecule is CC(C)(C)OC(=O)Nc1n[nH]c2cnc(Br)cc12. The second-order valence-electron chi connectivity index (χ2n) is 4.75. The Hall–Kier alpha value is -1.63. The van der Waals surface area contributed by atoms with Gasteiger partial charge >= 0.3 is 6.09 Å². The zero-order valence-corrected chi connectivity index (χ0v) is 11.8. The largest absolute Gasteiger partial charge is 0.444 e. The molecule has 0 atom stereocenters. The Morgan fingerprint density at radius 2 is 2.22 bits per heavy atom. The van der Waals surface area contributed by atoms with Crippen molar-refractivity contribution in [3.05, 3.63) is 16.9 Å². The number of amides is 1. The molecular weight excluding hydrogens is 300 g/mol. The Kier molecular flexibility index (Phi) is 3.25. The van der Waals surface area contributed by atoms with Gasteiger partial charge in [0.15, 0.2) is 5.82 Å². The number of carbonyl (C=O) groups excluding carboxylic acids is 1. The van der Waals surface area contributed by atoms with Crippen LogP contribution in [0.3, 0.4) is 0 Å². The number of carbonyl (C=O) groups is 1. The van der Waals surface area contributed by atoms with Crippen molar-refractivity contribution in [3.8, 4) is 0 Å². The van der Waals surface area contributed by atoms with Gasteiger partial charge in [-0.25, -0.2) is 9.78 Å². The van der Waals surface area contributed by atoms with Gasteiger partial charge in [-0.15, -0.1) is 0 Å². The number of hydrogen-bond donors (Lipinski definition) is 2. The number of pyridine rings is 1. The second-order valence-corrected chi connectivity index (χ2v) is 5.56. The lowest BCUT2D eigenvalue weighted by atomic mass is 10.2. The highest BCUT2D eigenvalue weighted by Gasteiger charge is 2.18. The summed E-state index contributed by atoms with van der Waals surface area (Å²) in [5.41, 5.74) is 0.197. The molecule has 0 radical (unpaired) electrons. The monoisotopic (exact) mass is 312 g/mol. The molecule has 0 aliphatic rings. The summed E-state index contributed by atoms with van der Waals surface area (Å²) >= 11 is 3.27. The zero-order valence-electron chi connectivity index (χ0n) is 10.2. The Bertz CT molecular complexity index is 588. The maximum Gasteiger partial charge on any atom is 0.413 e. The fourth-order valence-electron chi connectivity index (χ4n) is 1.39. The lowest BCUT2D eigenvalue weighted by Crippen LogP contribution is -2.27. The number of H-pyrrole nitrogens is 1. The van der Waals surface area contributed by atoms with E-state index in [9.17, 15) is 4.79 Å². The summed E-state index contributed by atoms with van der Waals surface area (Å²) in [4.78, 5) is 15.7. The lowest BCUT2D eigenvalue weighted by molar-refractivity contribution is 0.0635. The van der Waals surface area contributed by atoms with Gasteiger partial charge in [0.1, 0.15) is 10.2 Å². The van der Waals surface area contributed by atoms with Crippen LogP contribution in [0, 0.1) is 0 Å². The Morgan fingerprint density at radius 1 is 1.50 bits per heavy atom. The molecule has 6 nitrogen and oxygen atoms in total. The standard InChI is InChI=1S/C11H13BrN4O2/c1-11(2,3)18-10(17)14-9-6-4-8(12)13-5-7(6)15-16-9/h4-5H,1-3H3,(H2,14,15,16,17). The molecule has 0 aliphatic carbocycles. The maximum atomic E-state index is 11.6. The molecule has 0 saturated carbocycles. The second kappa shape index (κ2) is 4.56. The predicted octanol–water partition coefficient (Wildman–Crippen LogP) is 3.07. The molecule has 2 heterocycles. The van der Waals surface area contributed by atoms with E-state index in [2.05, 4.69) is 36.4 Å². The van der Waals surface area contributed by atoms with Crippen LogP contribution in [0.15, 0.2) is 16.9 Å². The van der Waals surface area contributed by atoms with Gasteiger partial charge in [-0.2, -0.15) is 5.10 Å². The van der Waals surface area contributed by atoms with Crippen LogP contribution in [-0.4, -0.2) is 26.9 Å². The highest BCUT2D eigenvalue weighted by atomic mass is 79.9. The number of fused-ring (bicyclic) bond motifs is 1. The summed E-state index contributed by atoms with van der Waals surface area (Å²) < 4.78 is 5.83. The van der Waals surface area contributed by atoms with Crippen LogP contribution in [0.5, 0.6) is 0 Å². The fraction of sp³-hybridized carbons (Fsp3) is 0.364. The third kappa shape index (κ3) is 2.98. The van der Waals surface area contributed by atoms with E-state index in [1.165, 1.54) is 0 Å². The summed E-state index contributed by atoms with van der Waals surface area (Å²) in [6, 6.07) is 1.77. The highest BCUT2D eigenvalue weighted by molar-refractivity contribution is 9.10.